The number of hydrogen-bond acceptors (Lipinski definition) is 3. The second-order valence-electron chi connectivity index (χ2n) is 4.89. The van der Waals surface area contributed by atoms with Gasteiger partial charge in [0.05, 0.1) is 5.69 Å². The summed E-state index contributed by atoms with van der Waals surface area (Å²) in [6.45, 7) is 1.95. The van der Waals surface area contributed by atoms with Gasteiger partial charge < -0.3 is 10.3 Å². The minimum absolute atomic E-state index is 0.00523. The number of anilines is 1. The van der Waals surface area contributed by atoms with Gasteiger partial charge >= 0.3 is 0 Å². The Balaban J connectivity index is 1.69. The smallest absolute Gasteiger partial charge is 0.229 e. The molecular formula is C14H16N4O. The summed E-state index contributed by atoms with van der Waals surface area (Å²) < 4.78 is 0. The number of aryl methyl sites for hydroxylation is 2. The highest BCUT2D eigenvalue weighted by atomic mass is 16.1. The number of H-pyrrole nitrogens is 1. The van der Waals surface area contributed by atoms with Crippen LogP contribution >= 0.6 is 0 Å². The third kappa shape index (κ3) is 2.50. The molecule has 0 saturated heterocycles. The first kappa shape index (κ1) is 11.9. The number of nitrogens with one attached hydrogen (secondary N) is 2. The van der Waals surface area contributed by atoms with Crippen molar-refractivity contribution in [3.05, 3.63) is 41.6 Å². The van der Waals surface area contributed by atoms with Crippen LogP contribution in [0.15, 0.2) is 24.4 Å². The maximum absolute atomic E-state index is 12.2. The van der Waals surface area contributed by atoms with E-state index in [0.717, 1.165) is 36.5 Å². The Morgan fingerprint density at radius 1 is 1.47 bits per heavy atom. The van der Waals surface area contributed by atoms with Gasteiger partial charge in [-0.1, -0.05) is 6.07 Å². The molecule has 98 valence electrons. The maximum atomic E-state index is 12.2. The third-order valence-corrected chi connectivity index (χ3v) is 3.45. The monoisotopic (exact) mass is 256 g/mol. The quantitative estimate of drug-likeness (QED) is 0.861. The summed E-state index contributed by atoms with van der Waals surface area (Å²) in [4.78, 5) is 24.0. The molecule has 0 fully saturated rings. The number of rotatable bonds is 2. The SMILES string of the molecule is Cc1nc2c([nH]1)C[C@@H](C(=O)Nc1ccccn1)CC2. The topological polar surface area (TPSA) is 70.7 Å². The molecule has 0 aliphatic heterocycles. The van der Waals surface area contributed by atoms with E-state index < -0.39 is 0 Å². The maximum Gasteiger partial charge on any atom is 0.229 e. The van der Waals surface area contributed by atoms with Crippen molar-refractivity contribution in [1.82, 2.24) is 15.0 Å². The zero-order valence-corrected chi connectivity index (χ0v) is 10.8. The zero-order chi connectivity index (χ0) is 13.2. The van der Waals surface area contributed by atoms with Gasteiger partial charge in [-0.05, 0) is 31.9 Å². The van der Waals surface area contributed by atoms with Gasteiger partial charge in [0.2, 0.25) is 5.91 Å². The summed E-state index contributed by atoms with van der Waals surface area (Å²) in [5.74, 6) is 1.57. The number of carbonyl (C=O) groups excluding carboxylic acids is 1. The van der Waals surface area contributed by atoms with Crippen molar-refractivity contribution >= 4 is 11.7 Å². The van der Waals surface area contributed by atoms with Crippen LogP contribution in [0.2, 0.25) is 0 Å². The van der Waals surface area contributed by atoms with E-state index in [1.807, 2.05) is 19.1 Å². The van der Waals surface area contributed by atoms with Gasteiger partial charge in [0.25, 0.3) is 0 Å². The molecule has 2 aromatic heterocycles. The molecule has 5 heteroatoms. The molecule has 3 rings (SSSR count). The Labute approximate surface area is 111 Å². The van der Waals surface area contributed by atoms with Crippen LogP contribution in [0.4, 0.5) is 5.82 Å². The van der Waals surface area contributed by atoms with Crippen LogP contribution in [0.25, 0.3) is 0 Å². The van der Waals surface area contributed by atoms with Gasteiger partial charge in [-0.2, -0.15) is 0 Å². The first-order chi connectivity index (χ1) is 9.22. The lowest BCUT2D eigenvalue weighted by Crippen LogP contribution is -2.28. The van der Waals surface area contributed by atoms with Crippen molar-refractivity contribution in [2.75, 3.05) is 5.32 Å². The Morgan fingerprint density at radius 3 is 3.16 bits per heavy atom. The number of amides is 1. The molecule has 0 unspecified atom stereocenters. The minimum Gasteiger partial charge on any atom is -0.346 e. The van der Waals surface area contributed by atoms with Gasteiger partial charge in [0, 0.05) is 24.2 Å². The summed E-state index contributed by atoms with van der Waals surface area (Å²) in [6, 6.07) is 5.49. The van der Waals surface area contributed by atoms with Gasteiger partial charge in [0.15, 0.2) is 0 Å². The van der Waals surface area contributed by atoms with E-state index >= 15 is 0 Å². The summed E-state index contributed by atoms with van der Waals surface area (Å²) >= 11 is 0. The molecule has 1 amide bonds. The lowest BCUT2D eigenvalue weighted by molar-refractivity contribution is -0.120. The van der Waals surface area contributed by atoms with E-state index in [1.54, 1.807) is 12.3 Å². The second kappa shape index (κ2) is 4.84. The average Bonchev–Trinajstić information content (AvgIpc) is 2.78. The summed E-state index contributed by atoms with van der Waals surface area (Å²) in [6.07, 6.45) is 4.11. The van der Waals surface area contributed by atoms with Gasteiger partial charge in [-0.25, -0.2) is 9.97 Å². The average molecular weight is 256 g/mol. The predicted octanol–water partition coefficient (Wildman–Crippen LogP) is 1.86. The van der Waals surface area contributed by atoms with Crippen LogP contribution in [0.5, 0.6) is 0 Å². The van der Waals surface area contributed by atoms with E-state index in [4.69, 9.17) is 0 Å². The van der Waals surface area contributed by atoms with Crippen LogP contribution in [-0.4, -0.2) is 20.9 Å². The van der Waals surface area contributed by atoms with Crippen LogP contribution in [0, 0.1) is 12.8 Å². The lowest BCUT2D eigenvalue weighted by Gasteiger charge is -2.20. The molecule has 0 aromatic carbocycles. The zero-order valence-electron chi connectivity index (χ0n) is 10.8. The number of aromatic nitrogens is 3. The highest BCUT2D eigenvalue weighted by molar-refractivity contribution is 5.91. The Bertz CT molecular complexity index is 591. The van der Waals surface area contributed by atoms with E-state index in [9.17, 15) is 4.79 Å². The van der Waals surface area contributed by atoms with E-state index in [2.05, 4.69) is 20.3 Å². The number of imidazole rings is 1. The molecule has 0 radical (unpaired) electrons. The van der Waals surface area contributed by atoms with Crippen molar-refractivity contribution in [2.45, 2.75) is 26.2 Å². The standard InChI is InChI=1S/C14H16N4O/c1-9-16-11-6-5-10(8-12(11)17-9)14(19)18-13-4-2-3-7-15-13/h2-4,7,10H,5-6,8H2,1H3,(H,16,17)(H,15,18,19)/t10-/m0/s1. The van der Waals surface area contributed by atoms with Gasteiger partial charge in [0.1, 0.15) is 11.6 Å². The van der Waals surface area contributed by atoms with E-state index in [-0.39, 0.29) is 11.8 Å². The molecule has 1 aliphatic carbocycles. The third-order valence-electron chi connectivity index (χ3n) is 3.45. The Hall–Kier alpha value is -2.17. The molecule has 1 aliphatic rings. The lowest BCUT2D eigenvalue weighted by atomic mass is 9.89. The number of carbonyl (C=O) groups is 1. The molecule has 2 aromatic rings. The number of aromatic amines is 1. The van der Waals surface area contributed by atoms with Crippen LogP contribution in [-0.2, 0) is 17.6 Å². The van der Waals surface area contributed by atoms with Crippen LogP contribution in [0.1, 0.15) is 23.6 Å². The highest BCUT2D eigenvalue weighted by Crippen LogP contribution is 2.24. The number of hydrogen-bond donors (Lipinski definition) is 2. The Kier molecular flexibility index (Phi) is 3.03. The summed E-state index contributed by atoms with van der Waals surface area (Å²) in [5.41, 5.74) is 2.21. The summed E-state index contributed by atoms with van der Waals surface area (Å²) in [7, 11) is 0. The number of fused-ring (bicyclic) bond motifs is 1. The predicted molar refractivity (Wildman–Crippen MR) is 71.7 cm³/mol. The molecular weight excluding hydrogens is 240 g/mol. The van der Waals surface area contributed by atoms with Gasteiger partial charge in [-0.15, -0.1) is 0 Å². The fraction of sp³-hybridized carbons (Fsp3) is 0.357. The first-order valence-corrected chi connectivity index (χ1v) is 6.48. The van der Waals surface area contributed by atoms with Gasteiger partial charge in [-0.3, -0.25) is 4.79 Å². The first-order valence-electron chi connectivity index (χ1n) is 6.48. The van der Waals surface area contributed by atoms with Crippen molar-refractivity contribution in [3.63, 3.8) is 0 Å². The molecule has 0 spiro atoms. The van der Waals surface area contributed by atoms with Crippen LogP contribution < -0.4 is 5.32 Å². The summed E-state index contributed by atoms with van der Waals surface area (Å²) in [5, 5.41) is 2.86. The molecule has 5 nitrogen and oxygen atoms in total. The van der Waals surface area contributed by atoms with Crippen molar-refractivity contribution in [2.24, 2.45) is 5.92 Å². The van der Waals surface area contributed by atoms with Crippen LogP contribution in [0.3, 0.4) is 0 Å². The molecule has 1 atom stereocenters. The van der Waals surface area contributed by atoms with E-state index in [0.29, 0.717) is 5.82 Å². The molecule has 2 N–H and O–H groups in total. The second-order valence-corrected chi connectivity index (χ2v) is 4.89. The fourth-order valence-corrected chi connectivity index (χ4v) is 2.51. The highest BCUT2D eigenvalue weighted by Gasteiger charge is 2.26. The Morgan fingerprint density at radius 2 is 2.37 bits per heavy atom. The molecule has 0 bridgehead atoms. The molecule has 19 heavy (non-hydrogen) atoms. The molecule has 0 saturated carbocycles. The van der Waals surface area contributed by atoms with Crippen molar-refractivity contribution in [1.29, 1.82) is 0 Å². The van der Waals surface area contributed by atoms with E-state index in [1.165, 1.54) is 0 Å². The normalized spacial score (nSPS) is 17.8. The minimum atomic E-state index is -0.00523. The fourth-order valence-electron chi connectivity index (χ4n) is 2.51. The largest absolute Gasteiger partial charge is 0.346 e. The number of pyridine rings is 1. The number of nitrogens with zero attached hydrogens (tertiary/aromatic N) is 2. The van der Waals surface area contributed by atoms with Crippen molar-refractivity contribution < 1.29 is 4.79 Å². The van der Waals surface area contributed by atoms with Crippen molar-refractivity contribution in [3.8, 4) is 0 Å². The molecule has 2 heterocycles.